The maximum absolute atomic E-state index is 10.1. The van der Waals surface area contributed by atoms with E-state index in [4.69, 9.17) is 4.74 Å². The maximum atomic E-state index is 10.1. The molecule has 2 heteroatoms. The molecule has 0 heterocycles. The quantitative estimate of drug-likeness (QED) is 0.443. The molecule has 0 rings (SSSR count). The van der Waals surface area contributed by atoms with Crippen LogP contribution >= 0.6 is 0 Å². The summed E-state index contributed by atoms with van der Waals surface area (Å²) in [6, 6.07) is 0. The zero-order valence-electron chi connectivity index (χ0n) is 9.53. The maximum Gasteiger partial charge on any atom is 0.123 e. The summed E-state index contributed by atoms with van der Waals surface area (Å²) in [5.41, 5.74) is 0. The van der Waals surface area contributed by atoms with E-state index < -0.39 is 0 Å². The molecule has 0 bridgehead atoms. The number of rotatable bonds is 8. The molecule has 0 spiro atoms. The average Bonchev–Trinajstić information content (AvgIpc) is 2.21. The van der Waals surface area contributed by atoms with Crippen molar-refractivity contribution in [1.29, 1.82) is 0 Å². The largest absolute Gasteiger partial charge is 0.377 e. The van der Waals surface area contributed by atoms with Crippen molar-refractivity contribution in [1.82, 2.24) is 0 Å². The first-order valence-corrected chi connectivity index (χ1v) is 5.39. The summed E-state index contributed by atoms with van der Waals surface area (Å²) in [5.74, 6) is 0.530. The van der Waals surface area contributed by atoms with E-state index in [0.717, 1.165) is 6.29 Å². The van der Waals surface area contributed by atoms with E-state index in [1.54, 1.807) is 7.11 Å². The summed E-state index contributed by atoms with van der Waals surface area (Å²) < 4.78 is 5.35. The molecule has 0 radical (unpaired) electrons. The molecule has 0 aromatic rings. The minimum absolute atomic E-state index is 0.154. The highest BCUT2D eigenvalue weighted by atomic mass is 16.5. The third-order valence-electron chi connectivity index (χ3n) is 2.40. The highest BCUT2D eigenvalue weighted by Gasteiger charge is 2.12. The molecular formula is C12H22O2. The van der Waals surface area contributed by atoms with Crippen molar-refractivity contribution in [2.75, 3.05) is 7.11 Å². The number of carbonyl (C=O) groups excluding carboxylic acids is 1. The zero-order chi connectivity index (χ0) is 10.8. The molecular weight excluding hydrogens is 176 g/mol. The molecule has 0 aliphatic carbocycles. The predicted octanol–water partition coefficient (Wildman–Crippen LogP) is 2.97. The van der Waals surface area contributed by atoms with Gasteiger partial charge in [-0.2, -0.15) is 0 Å². The molecule has 0 amide bonds. The Morgan fingerprint density at radius 3 is 2.64 bits per heavy atom. The number of methoxy groups -OCH3 is 1. The SMILES string of the molecule is CCCCC(C)C(C=CCC=O)OC. The lowest BCUT2D eigenvalue weighted by Crippen LogP contribution is -2.17. The molecule has 0 aliphatic rings. The fourth-order valence-electron chi connectivity index (χ4n) is 1.46. The van der Waals surface area contributed by atoms with Crippen molar-refractivity contribution in [3.63, 3.8) is 0 Å². The van der Waals surface area contributed by atoms with Gasteiger partial charge in [-0.15, -0.1) is 0 Å². The third-order valence-corrected chi connectivity index (χ3v) is 2.40. The van der Waals surface area contributed by atoms with Gasteiger partial charge in [0, 0.05) is 13.5 Å². The van der Waals surface area contributed by atoms with Crippen LogP contribution in [0, 0.1) is 5.92 Å². The summed E-state index contributed by atoms with van der Waals surface area (Å²) in [4.78, 5) is 10.1. The van der Waals surface area contributed by atoms with Crippen LogP contribution in [0.25, 0.3) is 0 Å². The first-order chi connectivity index (χ1) is 6.76. The molecule has 2 nitrogen and oxygen atoms in total. The van der Waals surface area contributed by atoms with E-state index in [0.29, 0.717) is 12.3 Å². The summed E-state index contributed by atoms with van der Waals surface area (Å²) in [6.07, 6.45) is 9.06. The van der Waals surface area contributed by atoms with Gasteiger partial charge in [0.1, 0.15) is 6.29 Å². The van der Waals surface area contributed by atoms with Crippen molar-refractivity contribution in [2.45, 2.75) is 45.6 Å². The Morgan fingerprint density at radius 2 is 2.14 bits per heavy atom. The number of unbranched alkanes of at least 4 members (excludes halogenated alkanes) is 1. The van der Waals surface area contributed by atoms with Crippen LogP contribution in [-0.2, 0) is 9.53 Å². The van der Waals surface area contributed by atoms with Crippen LogP contribution in [0.3, 0.4) is 0 Å². The Kier molecular flexibility index (Phi) is 8.54. The van der Waals surface area contributed by atoms with Gasteiger partial charge in [0.05, 0.1) is 6.10 Å². The number of hydrogen-bond donors (Lipinski definition) is 0. The van der Waals surface area contributed by atoms with E-state index in [1.165, 1.54) is 19.3 Å². The lowest BCUT2D eigenvalue weighted by molar-refractivity contribution is -0.107. The van der Waals surface area contributed by atoms with Crippen LogP contribution in [0.4, 0.5) is 0 Å². The Morgan fingerprint density at radius 1 is 1.43 bits per heavy atom. The molecule has 0 N–H and O–H groups in total. The number of hydrogen-bond acceptors (Lipinski definition) is 2. The second kappa shape index (κ2) is 8.95. The van der Waals surface area contributed by atoms with Crippen molar-refractivity contribution in [3.8, 4) is 0 Å². The Balaban J connectivity index is 3.90. The van der Waals surface area contributed by atoms with E-state index in [-0.39, 0.29) is 6.10 Å². The van der Waals surface area contributed by atoms with Crippen LogP contribution in [0.5, 0.6) is 0 Å². The summed E-state index contributed by atoms with van der Waals surface area (Å²) in [5, 5.41) is 0. The van der Waals surface area contributed by atoms with Gasteiger partial charge in [-0.3, -0.25) is 0 Å². The minimum Gasteiger partial charge on any atom is -0.377 e. The Labute approximate surface area is 87.3 Å². The Hall–Kier alpha value is -0.630. The van der Waals surface area contributed by atoms with Gasteiger partial charge in [-0.1, -0.05) is 38.8 Å². The number of carbonyl (C=O) groups is 1. The number of ether oxygens (including phenoxy) is 1. The standard InChI is InChI=1S/C12H22O2/c1-4-5-8-11(2)12(14-3)9-6-7-10-13/h6,9-12H,4-5,7-8H2,1-3H3. The highest BCUT2D eigenvalue weighted by Crippen LogP contribution is 2.15. The molecule has 0 aromatic heterocycles. The Bertz CT molecular complexity index is 164. The van der Waals surface area contributed by atoms with Gasteiger partial charge in [0.25, 0.3) is 0 Å². The van der Waals surface area contributed by atoms with Gasteiger partial charge < -0.3 is 9.53 Å². The molecule has 14 heavy (non-hydrogen) atoms. The second-order valence-electron chi connectivity index (χ2n) is 3.65. The van der Waals surface area contributed by atoms with E-state index in [2.05, 4.69) is 13.8 Å². The van der Waals surface area contributed by atoms with E-state index in [9.17, 15) is 4.79 Å². The topological polar surface area (TPSA) is 26.3 Å². The summed E-state index contributed by atoms with van der Waals surface area (Å²) in [7, 11) is 1.72. The fourth-order valence-corrected chi connectivity index (χ4v) is 1.46. The third kappa shape index (κ3) is 5.92. The van der Waals surface area contributed by atoms with Crippen LogP contribution in [0.1, 0.15) is 39.5 Å². The molecule has 2 unspecified atom stereocenters. The first kappa shape index (κ1) is 13.4. The second-order valence-corrected chi connectivity index (χ2v) is 3.65. The molecule has 82 valence electrons. The summed E-state index contributed by atoms with van der Waals surface area (Å²) >= 11 is 0. The van der Waals surface area contributed by atoms with Gasteiger partial charge in [0.2, 0.25) is 0 Å². The molecule has 0 fully saturated rings. The van der Waals surface area contributed by atoms with Crippen LogP contribution in [-0.4, -0.2) is 19.5 Å². The lowest BCUT2D eigenvalue weighted by atomic mass is 9.97. The minimum atomic E-state index is 0.154. The van der Waals surface area contributed by atoms with Crippen LogP contribution in [0.15, 0.2) is 12.2 Å². The summed E-state index contributed by atoms with van der Waals surface area (Å²) in [6.45, 7) is 4.38. The smallest absolute Gasteiger partial charge is 0.123 e. The normalized spacial score (nSPS) is 15.6. The average molecular weight is 198 g/mol. The molecule has 0 aromatic carbocycles. The number of allylic oxidation sites excluding steroid dienone is 1. The monoisotopic (exact) mass is 198 g/mol. The van der Waals surface area contributed by atoms with Crippen molar-refractivity contribution >= 4 is 6.29 Å². The van der Waals surface area contributed by atoms with Gasteiger partial charge in [-0.25, -0.2) is 0 Å². The van der Waals surface area contributed by atoms with Crippen molar-refractivity contribution in [2.24, 2.45) is 5.92 Å². The molecule has 2 atom stereocenters. The van der Waals surface area contributed by atoms with Crippen LogP contribution in [0.2, 0.25) is 0 Å². The molecule has 0 saturated carbocycles. The van der Waals surface area contributed by atoms with Crippen LogP contribution < -0.4 is 0 Å². The predicted molar refractivity (Wildman–Crippen MR) is 59.3 cm³/mol. The first-order valence-electron chi connectivity index (χ1n) is 5.39. The lowest BCUT2D eigenvalue weighted by Gasteiger charge is -2.19. The fraction of sp³-hybridized carbons (Fsp3) is 0.750. The van der Waals surface area contributed by atoms with Gasteiger partial charge >= 0.3 is 0 Å². The van der Waals surface area contributed by atoms with E-state index in [1.807, 2.05) is 12.2 Å². The van der Waals surface area contributed by atoms with Crippen molar-refractivity contribution in [3.05, 3.63) is 12.2 Å². The number of aldehydes is 1. The van der Waals surface area contributed by atoms with Crippen molar-refractivity contribution < 1.29 is 9.53 Å². The van der Waals surface area contributed by atoms with E-state index >= 15 is 0 Å². The molecule has 0 aliphatic heterocycles. The van der Waals surface area contributed by atoms with Gasteiger partial charge in [0.15, 0.2) is 0 Å². The molecule has 0 saturated heterocycles. The van der Waals surface area contributed by atoms with Gasteiger partial charge in [-0.05, 0) is 12.3 Å². The highest BCUT2D eigenvalue weighted by molar-refractivity contribution is 5.51. The zero-order valence-corrected chi connectivity index (χ0v) is 9.53.